The molecule has 1 N–H and O–H groups in total. The summed E-state index contributed by atoms with van der Waals surface area (Å²) in [6, 6.07) is 8.32. The molecule has 2 aromatic rings. The molecule has 0 bridgehead atoms. The van der Waals surface area contributed by atoms with Gasteiger partial charge in [0.1, 0.15) is 0 Å². The van der Waals surface area contributed by atoms with Crippen molar-refractivity contribution in [3.63, 3.8) is 0 Å². The number of benzene rings is 1. The zero-order valence-electron chi connectivity index (χ0n) is 12.2. The number of piperazine rings is 1. The minimum Gasteiger partial charge on any atom is -0.338 e. The zero-order chi connectivity index (χ0) is 14.5. The molecule has 0 unspecified atom stereocenters. The van der Waals surface area contributed by atoms with Gasteiger partial charge in [-0.1, -0.05) is 12.1 Å². The third kappa shape index (κ3) is 3.84. The number of hydrogen-bond donors (Lipinski definition) is 1. The van der Waals surface area contributed by atoms with E-state index in [0.29, 0.717) is 11.7 Å². The first-order valence-electron chi connectivity index (χ1n) is 7.34. The topological polar surface area (TPSA) is 54.2 Å². The molecule has 0 amide bonds. The molecule has 0 saturated carbocycles. The largest absolute Gasteiger partial charge is 0.338 e. The molecule has 0 spiro atoms. The molecule has 6 heteroatoms. The highest BCUT2D eigenvalue weighted by Gasteiger charge is 2.15. The summed E-state index contributed by atoms with van der Waals surface area (Å²) in [6.07, 6.45) is 0. The monoisotopic (exact) mass is 304 g/mol. The molecule has 1 aromatic heterocycles. The van der Waals surface area contributed by atoms with Crippen molar-refractivity contribution in [3.05, 3.63) is 30.2 Å². The molecule has 0 radical (unpaired) electrons. The van der Waals surface area contributed by atoms with Gasteiger partial charge >= 0.3 is 0 Å². The smallest absolute Gasteiger partial charge is 0.241 e. The first-order valence-corrected chi connectivity index (χ1v) is 8.32. The predicted molar refractivity (Wildman–Crippen MR) is 84.3 cm³/mol. The standard InChI is InChI=1S/C15H20N4OS/c1-2-21-13-5-3-12(4-6-13)15-17-14(20-18-15)11-19-9-7-16-8-10-19/h3-6,16H,2,7-11H2,1H3. The number of nitrogens with zero attached hydrogens (tertiary/aromatic N) is 3. The maximum absolute atomic E-state index is 5.37. The first kappa shape index (κ1) is 14.6. The number of thioether (sulfide) groups is 1. The van der Waals surface area contributed by atoms with Crippen LogP contribution in [0.1, 0.15) is 12.8 Å². The van der Waals surface area contributed by atoms with Crippen molar-refractivity contribution >= 4 is 11.8 Å². The van der Waals surface area contributed by atoms with Crippen LogP contribution in [0.15, 0.2) is 33.7 Å². The van der Waals surface area contributed by atoms with E-state index in [2.05, 4.69) is 51.5 Å². The number of aromatic nitrogens is 2. The molecule has 1 saturated heterocycles. The van der Waals surface area contributed by atoms with Gasteiger partial charge in [0.25, 0.3) is 0 Å². The van der Waals surface area contributed by atoms with Crippen LogP contribution in [-0.2, 0) is 6.54 Å². The Morgan fingerprint density at radius 2 is 2.00 bits per heavy atom. The Hall–Kier alpha value is -1.37. The third-order valence-electron chi connectivity index (χ3n) is 3.46. The Morgan fingerprint density at radius 3 is 2.71 bits per heavy atom. The average Bonchev–Trinajstić information content (AvgIpc) is 2.98. The second-order valence-corrected chi connectivity index (χ2v) is 6.33. The Bertz CT molecular complexity index is 563. The van der Waals surface area contributed by atoms with Gasteiger partial charge in [0.2, 0.25) is 11.7 Å². The van der Waals surface area contributed by atoms with Gasteiger partial charge in [0, 0.05) is 36.6 Å². The molecule has 5 nitrogen and oxygen atoms in total. The van der Waals surface area contributed by atoms with E-state index in [1.165, 1.54) is 4.90 Å². The minimum absolute atomic E-state index is 0.674. The summed E-state index contributed by atoms with van der Waals surface area (Å²) >= 11 is 1.83. The van der Waals surface area contributed by atoms with E-state index in [0.717, 1.165) is 44.0 Å². The van der Waals surface area contributed by atoms with E-state index in [1.807, 2.05) is 11.8 Å². The van der Waals surface area contributed by atoms with Crippen LogP contribution >= 0.6 is 11.8 Å². The van der Waals surface area contributed by atoms with Crippen LogP contribution in [0.4, 0.5) is 0 Å². The van der Waals surface area contributed by atoms with Crippen molar-refractivity contribution in [1.29, 1.82) is 0 Å². The summed E-state index contributed by atoms with van der Waals surface area (Å²) in [6.45, 7) is 7.00. The van der Waals surface area contributed by atoms with Gasteiger partial charge in [0.15, 0.2) is 0 Å². The molecule has 3 rings (SSSR count). The molecule has 1 fully saturated rings. The van der Waals surface area contributed by atoms with Crippen molar-refractivity contribution in [1.82, 2.24) is 20.4 Å². The SMILES string of the molecule is CCSc1ccc(-c2noc(CN3CCNCC3)n2)cc1. The molecule has 112 valence electrons. The highest BCUT2D eigenvalue weighted by molar-refractivity contribution is 7.99. The summed E-state index contributed by atoms with van der Waals surface area (Å²) in [5.74, 6) is 2.45. The van der Waals surface area contributed by atoms with Crippen LogP contribution in [-0.4, -0.2) is 47.0 Å². The van der Waals surface area contributed by atoms with Gasteiger partial charge in [-0.2, -0.15) is 4.98 Å². The van der Waals surface area contributed by atoms with Crippen LogP contribution in [0.2, 0.25) is 0 Å². The van der Waals surface area contributed by atoms with Crippen LogP contribution < -0.4 is 5.32 Å². The number of nitrogens with one attached hydrogen (secondary N) is 1. The normalized spacial score (nSPS) is 16.2. The molecule has 0 aliphatic carbocycles. The molecule has 1 aliphatic heterocycles. The molecule has 2 heterocycles. The lowest BCUT2D eigenvalue weighted by Gasteiger charge is -2.25. The van der Waals surface area contributed by atoms with E-state index in [1.54, 1.807) is 0 Å². The predicted octanol–water partition coefficient (Wildman–Crippen LogP) is 2.25. The molecule has 21 heavy (non-hydrogen) atoms. The van der Waals surface area contributed by atoms with Crippen LogP contribution in [0.25, 0.3) is 11.4 Å². The molecular weight excluding hydrogens is 284 g/mol. The Morgan fingerprint density at radius 1 is 1.24 bits per heavy atom. The lowest BCUT2D eigenvalue weighted by Crippen LogP contribution is -2.42. The van der Waals surface area contributed by atoms with Crippen molar-refractivity contribution < 1.29 is 4.52 Å². The van der Waals surface area contributed by atoms with Crippen molar-refractivity contribution in [2.75, 3.05) is 31.9 Å². The van der Waals surface area contributed by atoms with E-state index >= 15 is 0 Å². The number of hydrogen-bond acceptors (Lipinski definition) is 6. The van der Waals surface area contributed by atoms with Gasteiger partial charge in [-0.05, 0) is 30.0 Å². The number of rotatable bonds is 5. The summed E-state index contributed by atoms with van der Waals surface area (Å²) in [5, 5.41) is 7.43. The molecule has 0 atom stereocenters. The van der Waals surface area contributed by atoms with E-state index in [9.17, 15) is 0 Å². The fourth-order valence-electron chi connectivity index (χ4n) is 2.36. The zero-order valence-corrected chi connectivity index (χ0v) is 13.0. The molecular formula is C15H20N4OS. The van der Waals surface area contributed by atoms with Crippen molar-refractivity contribution in [2.45, 2.75) is 18.4 Å². The summed E-state index contributed by atoms with van der Waals surface area (Å²) in [4.78, 5) is 8.10. The summed E-state index contributed by atoms with van der Waals surface area (Å²) in [7, 11) is 0. The lowest BCUT2D eigenvalue weighted by atomic mass is 10.2. The van der Waals surface area contributed by atoms with Crippen LogP contribution in [0.3, 0.4) is 0 Å². The Balaban J connectivity index is 1.66. The van der Waals surface area contributed by atoms with Crippen molar-refractivity contribution in [3.8, 4) is 11.4 Å². The van der Waals surface area contributed by atoms with Gasteiger partial charge in [0.05, 0.1) is 6.54 Å². The summed E-state index contributed by atoms with van der Waals surface area (Å²) in [5.41, 5.74) is 1.01. The quantitative estimate of drug-likeness (QED) is 0.855. The van der Waals surface area contributed by atoms with Gasteiger partial charge in [-0.3, -0.25) is 4.90 Å². The van der Waals surface area contributed by atoms with E-state index in [-0.39, 0.29) is 0 Å². The van der Waals surface area contributed by atoms with Gasteiger partial charge in [-0.15, -0.1) is 11.8 Å². The maximum atomic E-state index is 5.37. The molecule has 1 aliphatic rings. The third-order valence-corrected chi connectivity index (χ3v) is 4.35. The average molecular weight is 304 g/mol. The van der Waals surface area contributed by atoms with Crippen LogP contribution in [0.5, 0.6) is 0 Å². The van der Waals surface area contributed by atoms with Gasteiger partial charge < -0.3 is 9.84 Å². The Kier molecular flexibility index (Phi) is 4.90. The fraction of sp³-hybridized carbons (Fsp3) is 0.467. The Labute approximate surface area is 129 Å². The molecule has 1 aromatic carbocycles. The van der Waals surface area contributed by atoms with E-state index < -0.39 is 0 Å². The highest BCUT2D eigenvalue weighted by Crippen LogP contribution is 2.22. The van der Waals surface area contributed by atoms with Crippen LogP contribution in [0, 0.1) is 0 Å². The lowest BCUT2D eigenvalue weighted by molar-refractivity contribution is 0.203. The van der Waals surface area contributed by atoms with Crippen molar-refractivity contribution in [2.24, 2.45) is 0 Å². The second kappa shape index (κ2) is 7.06. The van der Waals surface area contributed by atoms with Gasteiger partial charge in [-0.25, -0.2) is 0 Å². The fourth-order valence-corrected chi connectivity index (χ4v) is 3.03. The highest BCUT2D eigenvalue weighted by atomic mass is 32.2. The minimum atomic E-state index is 0.674. The second-order valence-electron chi connectivity index (χ2n) is 5.00. The van der Waals surface area contributed by atoms with E-state index in [4.69, 9.17) is 4.52 Å². The summed E-state index contributed by atoms with van der Waals surface area (Å²) < 4.78 is 5.37. The first-order chi connectivity index (χ1) is 10.3. The maximum Gasteiger partial charge on any atom is 0.241 e.